The first-order valence-corrected chi connectivity index (χ1v) is 6.86. The predicted octanol–water partition coefficient (Wildman–Crippen LogP) is 2.78. The van der Waals surface area contributed by atoms with E-state index in [1.807, 2.05) is 6.92 Å². The largest absolute Gasteiger partial charge is 0.322 e. The highest BCUT2D eigenvalue weighted by atomic mass is 32.1. The summed E-state index contributed by atoms with van der Waals surface area (Å²) >= 11 is 1.67. The number of thiazole rings is 1. The first-order valence-electron chi connectivity index (χ1n) is 5.98. The van der Waals surface area contributed by atoms with E-state index in [-0.39, 0.29) is 6.04 Å². The van der Waals surface area contributed by atoms with Crippen LogP contribution in [0, 0.1) is 0 Å². The van der Waals surface area contributed by atoms with E-state index in [0.29, 0.717) is 6.04 Å². The highest BCUT2D eigenvalue weighted by Crippen LogP contribution is 2.17. The molecule has 1 heterocycles. The third kappa shape index (κ3) is 3.85. The number of nitrogens with two attached hydrogens (primary N) is 1. The van der Waals surface area contributed by atoms with Gasteiger partial charge in [-0.1, -0.05) is 6.92 Å². The Morgan fingerprint density at radius 2 is 2.12 bits per heavy atom. The Morgan fingerprint density at radius 1 is 1.44 bits per heavy atom. The zero-order valence-corrected chi connectivity index (χ0v) is 11.5. The minimum atomic E-state index is 0.0532. The lowest BCUT2D eigenvalue weighted by Gasteiger charge is -2.24. The van der Waals surface area contributed by atoms with Crippen LogP contribution in [0.5, 0.6) is 0 Å². The van der Waals surface area contributed by atoms with Crippen molar-refractivity contribution >= 4 is 11.3 Å². The van der Waals surface area contributed by atoms with Crippen molar-refractivity contribution in [3.05, 3.63) is 16.1 Å². The van der Waals surface area contributed by atoms with Crippen molar-refractivity contribution in [2.75, 3.05) is 6.54 Å². The van der Waals surface area contributed by atoms with Crippen LogP contribution >= 0.6 is 11.3 Å². The molecular weight excluding hydrogens is 218 g/mol. The zero-order valence-electron chi connectivity index (χ0n) is 10.7. The monoisotopic (exact) mass is 241 g/mol. The Balaban J connectivity index is 2.62. The molecule has 0 aliphatic heterocycles. The molecule has 0 aliphatic carbocycles. The summed E-state index contributed by atoms with van der Waals surface area (Å²) in [6.07, 6.45) is 1.18. The molecular formula is C12H23N3S. The fourth-order valence-corrected chi connectivity index (χ4v) is 2.39. The van der Waals surface area contributed by atoms with E-state index >= 15 is 0 Å². The minimum Gasteiger partial charge on any atom is -0.322 e. The smallest absolute Gasteiger partial charge is 0.109 e. The lowest BCUT2D eigenvalue weighted by Crippen LogP contribution is -2.31. The van der Waals surface area contributed by atoms with Crippen molar-refractivity contribution in [1.29, 1.82) is 0 Å². The van der Waals surface area contributed by atoms with E-state index in [9.17, 15) is 0 Å². The third-order valence-corrected chi connectivity index (χ3v) is 3.66. The molecule has 0 aromatic carbocycles. The van der Waals surface area contributed by atoms with Gasteiger partial charge in [0.1, 0.15) is 5.01 Å². The highest BCUT2D eigenvalue weighted by Gasteiger charge is 2.12. The standard InChI is InChI=1S/C12H23N3S/c1-5-6-15(9(2)3)7-11-8-16-12(14-11)10(4)13/h8-10H,5-7,13H2,1-4H3. The van der Waals surface area contributed by atoms with Gasteiger partial charge in [0.15, 0.2) is 0 Å². The maximum absolute atomic E-state index is 5.81. The molecule has 1 rings (SSSR count). The van der Waals surface area contributed by atoms with Crippen molar-refractivity contribution in [2.24, 2.45) is 5.73 Å². The molecule has 0 bridgehead atoms. The summed E-state index contributed by atoms with van der Waals surface area (Å²) < 4.78 is 0. The summed E-state index contributed by atoms with van der Waals surface area (Å²) in [6, 6.07) is 0.623. The Hall–Kier alpha value is -0.450. The normalized spacial score (nSPS) is 13.7. The molecule has 0 aliphatic rings. The quantitative estimate of drug-likeness (QED) is 0.832. The van der Waals surface area contributed by atoms with Crippen molar-refractivity contribution < 1.29 is 0 Å². The zero-order chi connectivity index (χ0) is 12.1. The second-order valence-electron chi connectivity index (χ2n) is 4.53. The van der Waals surface area contributed by atoms with Gasteiger partial charge in [-0.15, -0.1) is 11.3 Å². The molecule has 1 aromatic heterocycles. The third-order valence-electron chi connectivity index (χ3n) is 2.57. The van der Waals surface area contributed by atoms with Crippen LogP contribution in [0.1, 0.15) is 50.9 Å². The van der Waals surface area contributed by atoms with Crippen molar-refractivity contribution in [3.8, 4) is 0 Å². The van der Waals surface area contributed by atoms with Gasteiger partial charge in [0.25, 0.3) is 0 Å². The molecule has 0 fully saturated rings. The number of hydrogen-bond acceptors (Lipinski definition) is 4. The Kier molecular flexibility index (Phi) is 5.38. The van der Waals surface area contributed by atoms with Gasteiger partial charge in [-0.3, -0.25) is 4.90 Å². The van der Waals surface area contributed by atoms with Gasteiger partial charge in [-0.2, -0.15) is 0 Å². The van der Waals surface area contributed by atoms with Gasteiger partial charge >= 0.3 is 0 Å². The molecule has 92 valence electrons. The molecule has 1 atom stereocenters. The molecule has 1 aromatic rings. The average Bonchev–Trinajstić information content (AvgIpc) is 2.65. The van der Waals surface area contributed by atoms with Gasteiger partial charge in [0, 0.05) is 18.0 Å². The lowest BCUT2D eigenvalue weighted by molar-refractivity contribution is 0.211. The molecule has 0 radical (unpaired) electrons. The minimum absolute atomic E-state index is 0.0532. The molecule has 0 spiro atoms. The van der Waals surface area contributed by atoms with E-state index in [1.165, 1.54) is 6.42 Å². The van der Waals surface area contributed by atoms with Crippen LogP contribution in [-0.2, 0) is 6.54 Å². The van der Waals surface area contributed by atoms with Crippen molar-refractivity contribution in [3.63, 3.8) is 0 Å². The van der Waals surface area contributed by atoms with E-state index in [1.54, 1.807) is 11.3 Å². The first kappa shape index (κ1) is 13.6. The van der Waals surface area contributed by atoms with E-state index in [4.69, 9.17) is 5.73 Å². The summed E-state index contributed by atoms with van der Waals surface area (Å²) in [6.45, 7) is 10.7. The number of rotatable bonds is 6. The SMILES string of the molecule is CCCN(Cc1csc(C(C)N)n1)C(C)C. The number of aromatic nitrogens is 1. The number of hydrogen-bond donors (Lipinski definition) is 1. The van der Waals surface area contributed by atoms with E-state index in [0.717, 1.165) is 23.8 Å². The fourth-order valence-electron chi connectivity index (χ4n) is 1.62. The predicted molar refractivity (Wildman–Crippen MR) is 70.6 cm³/mol. The second kappa shape index (κ2) is 6.33. The topological polar surface area (TPSA) is 42.1 Å². The van der Waals surface area contributed by atoms with Gasteiger partial charge in [0.2, 0.25) is 0 Å². The molecule has 4 heteroatoms. The number of nitrogens with zero attached hydrogens (tertiary/aromatic N) is 2. The molecule has 0 saturated heterocycles. The van der Waals surface area contributed by atoms with Crippen LogP contribution < -0.4 is 5.73 Å². The van der Waals surface area contributed by atoms with Gasteiger partial charge in [0.05, 0.1) is 11.7 Å². The van der Waals surface area contributed by atoms with Crippen LogP contribution in [0.4, 0.5) is 0 Å². The molecule has 2 N–H and O–H groups in total. The summed E-state index contributed by atoms with van der Waals surface area (Å²) in [5.74, 6) is 0. The summed E-state index contributed by atoms with van der Waals surface area (Å²) in [5, 5.41) is 3.17. The van der Waals surface area contributed by atoms with Gasteiger partial charge < -0.3 is 5.73 Å². The molecule has 16 heavy (non-hydrogen) atoms. The fraction of sp³-hybridized carbons (Fsp3) is 0.750. The Labute approximate surface area is 103 Å². The molecule has 3 nitrogen and oxygen atoms in total. The van der Waals surface area contributed by atoms with Crippen LogP contribution in [-0.4, -0.2) is 22.5 Å². The Bertz CT molecular complexity index is 307. The maximum Gasteiger partial charge on any atom is 0.109 e. The van der Waals surface area contributed by atoms with Crippen molar-refractivity contribution in [1.82, 2.24) is 9.88 Å². The lowest BCUT2D eigenvalue weighted by atomic mass is 10.2. The first-order chi connectivity index (χ1) is 7.54. The molecule has 0 amide bonds. The van der Waals surface area contributed by atoms with Crippen molar-refractivity contribution in [2.45, 2.75) is 52.7 Å². The van der Waals surface area contributed by atoms with Crippen LogP contribution in [0.25, 0.3) is 0 Å². The summed E-state index contributed by atoms with van der Waals surface area (Å²) in [7, 11) is 0. The summed E-state index contributed by atoms with van der Waals surface area (Å²) in [4.78, 5) is 7.01. The molecule has 0 saturated carbocycles. The van der Waals surface area contributed by atoms with E-state index < -0.39 is 0 Å². The summed E-state index contributed by atoms with van der Waals surface area (Å²) in [5.41, 5.74) is 6.96. The van der Waals surface area contributed by atoms with Crippen LogP contribution in [0.2, 0.25) is 0 Å². The second-order valence-corrected chi connectivity index (χ2v) is 5.42. The Morgan fingerprint density at radius 3 is 2.56 bits per heavy atom. The van der Waals surface area contributed by atoms with Crippen LogP contribution in [0.3, 0.4) is 0 Å². The van der Waals surface area contributed by atoms with Gasteiger partial charge in [-0.05, 0) is 33.7 Å². The van der Waals surface area contributed by atoms with Gasteiger partial charge in [-0.25, -0.2) is 4.98 Å². The van der Waals surface area contributed by atoms with E-state index in [2.05, 4.69) is 36.0 Å². The molecule has 1 unspecified atom stereocenters. The highest BCUT2D eigenvalue weighted by molar-refractivity contribution is 7.09. The average molecular weight is 241 g/mol. The maximum atomic E-state index is 5.81. The van der Waals surface area contributed by atoms with Crippen LogP contribution in [0.15, 0.2) is 5.38 Å².